The van der Waals surface area contributed by atoms with Crippen LogP contribution in [-0.2, 0) is 27.3 Å². The molecule has 0 aliphatic carbocycles. The number of hydrogen-bond acceptors (Lipinski definition) is 6. The van der Waals surface area contributed by atoms with Crippen molar-refractivity contribution in [2.45, 2.75) is 89.1 Å². The number of ether oxygens (including phenoxy) is 2. The van der Waals surface area contributed by atoms with Crippen LogP contribution in [0, 0.1) is 0 Å². The predicted molar refractivity (Wildman–Crippen MR) is 122 cm³/mol. The number of rotatable bonds is 14. The van der Waals surface area contributed by atoms with Gasteiger partial charge in [0.2, 0.25) is 0 Å². The smallest absolute Gasteiger partial charge is 0.463 e. The van der Waals surface area contributed by atoms with E-state index in [9.17, 15) is 44.7 Å². The van der Waals surface area contributed by atoms with Crippen LogP contribution in [0.5, 0.6) is 0 Å². The van der Waals surface area contributed by atoms with E-state index < -0.39 is 67.9 Å². The Hall–Kier alpha value is -1.31. The summed E-state index contributed by atoms with van der Waals surface area (Å²) in [6.07, 6.45) is -5.89. The van der Waals surface area contributed by atoms with Crippen LogP contribution in [0.1, 0.15) is 13.3 Å². The average Bonchev–Trinajstić information content (AvgIpc) is 2.58. The minimum absolute atomic E-state index is 0.0873. The molecule has 0 N–H and O–H groups in total. The van der Waals surface area contributed by atoms with Crippen molar-refractivity contribution in [3.63, 3.8) is 0 Å². The lowest BCUT2D eigenvalue weighted by atomic mass is 10.1. The highest BCUT2D eigenvalue weighted by Gasteiger charge is 2.81. The van der Waals surface area contributed by atoms with Gasteiger partial charge in [0, 0.05) is 19.1 Å². The molecule has 0 spiro atoms. The maximum atomic E-state index is 13.4. The Balaban J connectivity index is 5.01. The van der Waals surface area contributed by atoms with E-state index in [-0.39, 0.29) is 25.2 Å². The van der Waals surface area contributed by atoms with Crippen LogP contribution >= 0.6 is 0 Å². The van der Waals surface area contributed by atoms with Crippen LogP contribution in [0.25, 0.3) is 0 Å². The minimum atomic E-state index is -6.76. The number of esters is 2. The Morgan fingerprint density at radius 2 is 1.14 bits per heavy atom. The molecule has 17 heteroatoms. The first kappa shape index (κ1) is 34.7. The third-order valence-electron chi connectivity index (χ3n) is 3.96. The molecule has 0 saturated carbocycles. The second kappa shape index (κ2) is 11.6. The summed E-state index contributed by atoms with van der Waals surface area (Å²) >= 11 is 0. The number of hydrogen-bond donors (Lipinski definition) is 0. The van der Waals surface area contributed by atoms with E-state index in [4.69, 9.17) is 13.0 Å². The topological polar surface area (TPSA) is 71.1 Å². The number of carbonyl (C=O) groups excluding carboxylic acids is 2. The summed E-state index contributed by atoms with van der Waals surface area (Å²) in [7, 11) is -6.57. The monoisotopic (exact) mass is 592 g/mol. The van der Waals surface area contributed by atoms with Gasteiger partial charge >= 0.3 is 44.4 Å². The maximum absolute atomic E-state index is 13.4. The molecule has 0 saturated heterocycles. The van der Waals surface area contributed by atoms with Crippen molar-refractivity contribution in [2.75, 3.05) is 6.61 Å². The van der Waals surface area contributed by atoms with Gasteiger partial charge in [-0.05, 0) is 58.3 Å². The predicted octanol–water partition coefficient (Wildman–Crippen LogP) is 6.31. The van der Waals surface area contributed by atoms with E-state index in [1.54, 1.807) is 0 Å². The lowest BCUT2D eigenvalue weighted by Gasteiger charge is -2.38. The van der Waals surface area contributed by atoms with Crippen molar-refractivity contribution in [1.82, 2.24) is 0 Å². The molecular formula is C19H32F8O6Si3. The quantitative estimate of drug-likeness (QED) is 0.0774. The van der Waals surface area contributed by atoms with Crippen molar-refractivity contribution in [2.24, 2.45) is 0 Å². The summed E-state index contributed by atoms with van der Waals surface area (Å²) in [5.41, 5.74) is 0. The fourth-order valence-corrected chi connectivity index (χ4v) is 15.4. The SMILES string of the molecule is CC(F)(F)C(F)(F)C(F)(F)C(F)(F)OC(=O)C=CC(=O)OCCC[Si](C)(O[Si](C)(C)C)O[Si](C)(C)C. The zero-order valence-electron chi connectivity index (χ0n) is 21.2. The van der Waals surface area contributed by atoms with Gasteiger partial charge in [0.15, 0.2) is 16.6 Å². The van der Waals surface area contributed by atoms with Gasteiger partial charge < -0.3 is 17.7 Å². The Morgan fingerprint density at radius 3 is 1.53 bits per heavy atom. The highest BCUT2D eigenvalue weighted by atomic mass is 28.5. The summed E-state index contributed by atoms with van der Waals surface area (Å²) in [4.78, 5) is 23.0. The fraction of sp³-hybridized carbons (Fsp3) is 0.789. The number of halogens is 8. The molecule has 0 unspecified atom stereocenters. The van der Waals surface area contributed by atoms with E-state index >= 15 is 0 Å². The normalized spacial score (nSPS) is 14.8. The van der Waals surface area contributed by atoms with E-state index in [2.05, 4.69) is 4.74 Å². The minimum Gasteiger partial charge on any atom is -0.463 e. The number of carbonyl (C=O) groups is 2. The first-order valence-electron chi connectivity index (χ1n) is 10.7. The van der Waals surface area contributed by atoms with Crippen molar-refractivity contribution in [1.29, 1.82) is 0 Å². The molecule has 0 aromatic carbocycles. The lowest BCUT2D eigenvalue weighted by molar-refractivity contribution is -0.413. The fourth-order valence-electron chi connectivity index (χ4n) is 2.85. The van der Waals surface area contributed by atoms with Crippen molar-refractivity contribution < 1.29 is 62.4 Å². The highest BCUT2D eigenvalue weighted by Crippen LogP contribution is 2.52. The molecule has 0 aliphatic heterocycles. The largest absolute Gasteiger partial charge is 0.473 e. The van der Waals surface area contributed by atoms with Gasteiger partial charge in [-0.1, -0.05) is 0 Å². The van der Waals surface area contributed by atoms with Gasteiger partial charge in [0.25, 0.3) is 0 Å². The van der Waals surface area contributed by atoms with Crippen LogP contribution in [0.2, 0.25) is 51.9 Å². The zero-order valence-corrected chi connectivity index (χ0v) is 24.2. The Labute approximate surface area is 207 Å². The van der Waals surface area contributed by atoms with E-state index in [1.165, 1.54) is 0 Å². The van der Waals surface area contributed by atoms with Crippen LogP contribution < -0.4 is 0 Å². The first-order valence-corrected chi connectivity index (χ1v) is 20.0. The van der Waals surface area contributed by atoms with Crippen molar-refractivity contribution in [3.8, 4) is 0 Å². The van der Waals surface area contributed by atoms with Gasteiger partial charge in [-0.25, -0.2) is 9.59 Å². The molecule has 0 aliphatic rings. The molecule has 0 fully saturated rings. The zero-order chi connectivity index (χ0) is 29.0. The molecule has 0 heterocycles. The van der Waals surface area contributed by atoms with Gasteiger partial charge in [0.1, 0.15) is 0 Å². The first-order chi connectivity index (χ1) is 15.7. The average molecular weight is 593 g/mol. The molecule has 0 rings (SSSR count). The second-order valence-corrected chi connectivity index (χ2v) is 23.0. The van der Waals surface area contributed by atoms with Crippen LogP contribution in [0.4, 0.5) is 35.1 Å². The standard InChI is InChI=1S/C19H32F8O6Si3/c1-16(20,21)17(22,23)18(24,25)19(26,27)31-15(29)11-10-14(28)30-12-9-13-36(8,32-34(2,3)4)33-35(5,6)7/h10-11H,9,12-13H2,1-8H3. The number of alkyl halides is 8. The molecule has 6 nitrogen and oxygen atoms in total. The van der Waals surface area contributed by atoms with E-state index in [0.29, 0.717) is 6.04 Å². The molecular weight excluding hydrogens is 560 g/mol. The Bertz CT molecular complexity index is 788. The molecule has 0 atom stereocenters. The summed E-state index contributed by atoms with van der Waals surface area (Å²) in [5.74, 6) is -22.5. The summed E-state index contributed by atoms with van der Waals surface area (Å²) in [5, 5.41) is 0. The lowest BCUT2D eigenvalue weighted by Crippen LogP contribution is -2.62. The maximum Gasteiger partial charge on any atom is 0.473 e. The third kappa shape index (κ3) is 10.6. The van der Waals surface area contributed by atoms with Crippen LogP contribution in [-0.4, -0.2) is 67.6 Å². The van der Waals surface area contributed by atoms with Gasteiger partial charge in [-0.3, -0.25) is 0 Å². The molecule has 0 amide bonds. The molecule has 0 bridgehead atoms. The Morgan fingerprint density at radius 1 is 0.722 bits per heavy atom. The molecule has 0 aromatic heterocycles. The van der Waals surface area contributed by atoms with Gasteiger partial charge in [-0.2, -0.15) is 35.1 Å². The summed E-state index contributed by atoms with van der Waals surface area (Å²) < 4.78 is 125. The second-order valence-electron chi connectivity index (χ2n) is 10.1. The molecule has 0 radical (unpaired) electrons. The van der Waals surface area contributed by atoms with Gasteiger partial charge in [0.05, 0.1) is 6.61 Å². The van der Waals surface area contributed by atoms with Crippen molar-refractivity contribution >= 4 is 37.1 Å². The summed E-state index contributed by atoms with van der Waals surface area (Å²) in [6.45, 7) is 12.9. The Kier molecular flexibility index (Phi) is 11.2. The summed E-state index contributed by atoms with van der Waals surface area (Å²) in [6, 6.07) is 0.443. The van der Waals surface area contributed by atoms with Gasteiger partial charge in [-0.15, -0.1) is 0 Å². The van der Waals surface area contributed by atoms with Crippen LogP contribution in [0.3, 0.4) is 0 Å². The van der Waals surface area contributed by atoms with Crippen LogP contribution in [0.15, 0.2) is 12.2 Å². The van der Waals surface area contributed by atoms with E-state index in [0.717, 1.165) is 0 Å². The highest BCUT2D eigenvalue weighted by molar-refractivity contribution is 6.87. The molecule has 36 heavy (non-hydrogen) atoms. The third-order valence-corrected chi connectivity index (χ3v) is 13.6. The molecule has 0 aromatic rings. The molecule has 212 valence electrons. The van der Waals surface area contributed by atoms with E-state index in [1.807, 2.05) is 45.8 Å². The van der Waals surface area contributed by atoms with Crippen molar-refractivity contribution in [3.05, 3.63) is 12.2 Å².